The third kappa shape index (κ3) is 4.59. The zero-order chi connectivity index (χ0) is 13.9. The molecule has 0 N–H and O–H groups in total. The van der Waals surface area contributed by atoms with Crippen LogP contribution in [0.3, 0.4) is 0 Å². The maximum Gasteiger partial charge on any atom is 0.163 e. The van der Waals surface area contributed by atoms with E-state index in [1.54, 1.807) is 19.1 Å². The van der Waals surface area contributed by atoms with Gasteiger partial charge in [-0.05, 0) is 48.4 Å². The zero-order valence-electron chi connectivity index (χ0n) is 12.0. The van der Waals surface area contributed by atoms with Crippen LogP contribution in [0.2, 0.25) is 0 Å². The molecule has 1 atom stereocenters. The van der Waals surface area contributed by atoms with E-state index in [0.717, 1.165) is 6.42 Å². The van der Waals surface area contributed by atoms with E-state index >= 15 is 0 Å². The lowest BCUT2D eigenvalue weighted by atomic mass is 9.83. The van der Waals surface area contributed by atoms with Crippen molar-refractivity contribution < 1.29 is 9.18 Å². The number of Topliss-reactive ketones (excluding diaryl/α,β-unsaturated/α-hetero) is 1. The van der Waals surface area contributed by atoms with Gasteiger partial charge in [0.2, 0.25) is 0 Å². The van der Waals surface area contributed by atoms with Crippen LogP contribution in [0, 0.1) is 24.1 Å². The minimum atomic E-state index is -0.255. The summed E-state index contributed by atoms with van der Waals surface area (Å²) in [6, 6.07) is 4.59. The molecule has 2 heteroatoms. The van der Waals surface area contributed by atoms with Crippen LogP contribution in [-0.2, 0) is 0 Å². The molecule has 1 unspecified atom stereocenters. The van der Waals surface area contributed by atoms with Crippen molar-refractivity contribution in [3.05, 3.63) is 35.1 Å². The fraction of sp³-hybridized carbons (Fsp3) is 0.562. The molecule has 1 aromatic carbocycles. The quantitative estimate of drug-likeness (QED) is 0.703. The smallest absolute Gasteiger partial charge is 0.163 e. The van der Waals surface area contributed by atoms with Gasteiger partial charge in [0.05, 0.1) is 0 Å². The van der Waals surface area contributed by atoms with Gasteiger partial charge >= 0.3 is 0 Å². The Morgan fingerprint density at radius 1 is 1.33 bits per heavy atom. The average molecular weight is 250 g/mol. The summed E-state index contributed by atoms with van der Waals surface area (Å²) < 4.78 is 13.1. The van der Waals surface area contributed by atoms with Crippen LogP contribution in [0.1, 0.15) is 56.5 Å². The Morgan fingerprint density at radius 3 is 2.44 bits per heavy atom. The first-order valence-electron chi connectivity index (χ1n) is 6.48. The Labute approximate surface area is 109 Å². The third-order valence-corrected chi connectivity index (χ3v) is 2.97. The van der Waals surface area contributed by atoms with E-state index in [-0.39, 0.29) is 17.0 Å². The number of hydrogen-bond acceptors (Lipinski definition) is 1. The molecule has 18 heavy (non-hydrogen) atoms. The fourth-order valence-corrected chi connectivity index (χ4v) is 2.37. The first kappa shape index (κ1) is 14.9. The molecular formula is C16H23FO. The number of ketones is 1. The van der Waals surface area contributed by atoms with Crippen LogP contribution in [0.4, 0.5) is 4.39 Å². The van der Waals surface area contributed by atoms with Crippen molar-refractivity contribution in [1.82, 2.24) is 0 Å². The van der Waals surface area contributed by atoms with Crippen molar-refractivity contribution >= 4 is 5.78 Å². The molecule has 0 heterocycles. The van der Waals surface area contributed by atoms with Gasteiger partial charge in [0.1, 0.15) is 5.82 Å². The number of benzene rings is 1. The molecule has 0 radical (unpaired) electrons. The minimum Gasteiger partial charge on any atom is -0.294 e. The summed E-state index contributed by atoms with van der Waals surface area (Å²) in [5.41, 5.74) is 1.39. The van der Waals surface area contributed by atoms with E-state index in [9.17, 15) is 9.18 Å². The maximum absolute atomic E-state index is 13.1. The summed E-state index contributed by atoms with van der Waals surface area (Å²) in [7, 11) is 0. The Hall–Kier alpha value is -1.18. The van der Waals surface area contributed by atoms with Crippen molar-refractivity contribution in [3.63, 3.8) is 0 Å². The summed E-state index contributed by atoms with van der Waals surface area (Å²) in [4.78, 5) is 12.1. The van der Waals surface area contributed by atoms with Crippen molar-refractivity contribution in [2.45, 2.75) is 47.5 Å². The Balaban J connectivity index is 2.68. The molecule has 0 aliphatic carbocycles. The molecule has 1 rings (SSSR count). The summed E-state index contributed by atoms with van der Waals surface area (Å²) in [5, 5.41) is 0. The number of rotatable bonds is 4. The fourth-order valence-electron chi connectivity index (χ4n) is 2.37. The molecule has 0 fully saturated rings. The van der Waals surface area contributed by atoms with Gasteiger partial charge in [-0.3, -0.25) is 4.79 Å². The Bertz CT molecular complexity index is 429. The molecule has 1 aromatic rings. The predicted molar refractivity (Wildman–Crippen MR) is 73.3 cm³/mol. The first-order valence-corrected chi connectivity index (χ1v) is 6.48. The summed E-state index contributed by atoms with van der Waals surface area (Å²) in [5.74, 6) is 0.201. The topological polar surface area (TPSA) is 17.1 Å². The van der Waals surface area contributed by atoms with Gasteiger partial charge in [-0.25, -0.2) is 4.39 Å². The first-order chi connectivity index (χ1) is 8.19. The van der Waals surface area contributed by atoms with Crippen LogP contribution >= 0.6 is 0 Å². The number of hydrogen-bond donors (Lipinski definition) is 0. The Kier molecular flexibility index (Phi) is 4.66. The molecule has 0 aliphatic heterocycles. The summed E-state index contributed by atoms with van der Waals surface area (Å²) >= 11 is 0. The van der Waals surface area contributed by atoms with Crippen molar-refractivity contribution in [2.24, 2.45) is 11.3 Å². The highest BCUT2D eigenvalue weighted by Gasteiger charge is 2.18. The molecule has 0 spiro atoms. The lowest BCUT2D eigenvalue weighted by molar-refractivity contribution is 0.0954. The number of carbonyl (C=O) groups excluding carboxylic acids is 1. The SMILES string of the molecule is Cc1cc(C(=O)CC(C)CC(C)(C)C)ccc1F. The van der Waals surface area contributed by atoms with Gasteiger partial charge in [0, 0.05) is 12.0 Å². The highest BCUT2D eigenvalue weighted by Crippen LogP contribution is 2.27. The molecule has 0 saturated heterocycles. The lowest BCUT2D eigenvalue weighted by Gasteiger charge is -2.22. The van der Waals surface area contributed by atoms with Crippen molar-refractivity contribution in [2.75, 3.05) is 0 Å². The van der Waals surface area contributed by atoms with E-state index < -0.39 is 0 Å². The van der Waals surface area contributed by atoms with Crippen LogP contribution in [0.5, 0.6) is 0 Å². The number of carbonyl (C=O) groups is 1. The molecule has 0 aromatic heterocycles. The van der Waals surface area contributed by atoms with E-state index in [2.05, 4.69) is 27.7 Å². The average Bonchev–Trinajstić information content (AvgIpc) is 2.18. The van der Waals surface area contributed by atoms with Crippen LogP contribution in [0.15, 0.2) is 18.2 Å². The molecule has 0 aliphatic rings. The van der Waals surface area contributed by atoms with Gasteiger partial charge in [-0.1, -0.05) is 27.7 Å². The van der Waals surface area contributed by atoms with E-state index in [0.29, 0.717) is 23.5 Å². The largest absolute Gasteiger partial charge is 0.294 e. The predicted octanol–water partition coefficient (Wildman–Crippen LogP) is 4.78. The minimum absolute atomic E-state index is 0.106. The van der Waals surface area contributed by atoms with Gasteiger partial charge in [0.15, 0.2) is 5.78 Å². The second-order valence-corrected chi connectivity index (χ2v) is 6.46. The van der Waals surface area contributed by atoms with Gasteiger partial charge in [-0.15, -0.1) is 0 Å². The maximum atomic E-state index is 13.1. The van der Waals surface area contributed by atoms with Crippen LogP contribution < -0.4 is 0 Å². The van der Waals surface area contributed by atoms with Crippen molar-refractivity contribution in [1.29, 1.82) is 0 Å². The molecule has 1 nitrogen and oxygen atoms in total. The molecular weight excluding hydrogens is 227 g/mol. The molecule has 100 valence electrons. The monoisotopic (exact) mass is 250 g/mol. The second-order valence-electron chi connectivity index (χ2n) is 6.46. The Morgan fingerprint density at radius 2 is 1.94 bits per heavy atom. The summed E-state index contributed by atoms with van der Waals surface area (Å²) in [6.07, 6.45) is 1.54. The third-order valence-electron chi connectivity index (χ3n) is 2.97. The van der Waals surface area contributed by atoms with Gasteiger partial charge in [-0.2, -0.15) is 0 Å². The van der Waals surface area contributed by atoms with E-state index in [4.69, 9.17) is 0 Å². The van der Waals surface area contributed by atoms with Crippen LogP contribution in [-0.4, -0.2) is 5.78 Å². The summed E-state index contributed by atoms with van der Waals surface area (Å²) in [6.45, 7) is 10.3. The standard InChI is InChI=1S/C16H23FO/c1-11(10-16(3,4)5)8-15(18)13-6-7-14(17)12(2)9-13/h6-7,9,11H,8,10H2,1-5H3. The van der Waals surface area contributed by atoms with Gasteiger partial charge < -0.3 is 0 Å². The van der Waals surface area contributed by atoms with E-state index in [1.807, 2.05) is 0 Å². The lowest BCUT2D eigenvalue weighted by Crippen LogP contribution is -2.14. The number of aryl methyl sites for hydroxylation is 1. The van der Waals surface area contributed by atoms with E-state index in [1.165, 1.54) is 6.07 Å². The normalized spacial score (nSPS) is 13.4. The molecule has 0 amide bonds. The second kappa shape index (κ2) is 5.64. The molecule has 0 saturated carbocycles. The van der Waals surface area contributed by atoms with Crippen molar-refractivity contribution in [3.8, 4) is 0 Å². The highest BCUT2D eigenvalue weighted by atomic mass is 19.1. The number of halogens is 1. The zero-order valence-corrected chi connectivity index (χ0v) is 12.0. The molecule has 0 bridgehead atoms. The van der Waals surface area contributed by atoms with Gasteiger partial charge in [0.25, 0.3) is 0 Å². The van der Waals surface area contributed by atoms with Crippen LogP contribution in [0.25, 0.3) is 0 Å². The highest BCUT2D eigenvalue weighted by molar-refractivity contribution is 5.96.